The fraction of sp³-hybridized carbons (Fsp3) is 0.615. The zero-order valence-corrected chi connectivity index (χ0v) is 12.1. The summed E-state index contributed by atoms with van der Waals surface area (Å²) in [5, 5.41) is -0.463. The number of hydrogen-bond acceptors (Lipinski definition) is 3. The number of rotatable bonds is 2. The molecule has 0 unspecified atom stereocenters. The van der Waals surface area contributed by atoms with E-state index >= 15 is 0 Å². The molecule has 1 aliphatic heterocycles. The summed E-state index contributed by atoms with van der Waals surface area (Å²) in [6.07, 6.45) is 3.85. The molecule has 2 rings (SSSR count). The Labute approximate surface area is 113 Å². The van der Waals surface area contributed by atoms with Gasteiger partial charge in [0.2, 0.25) is 5.03 Å². The summed E-state index contributed by atoms with van der Waals surface area (Å²) < 4.78 is 39.8. The highest BCUT2D eigenvalue weighted by Gasteiger charge is 2.32. The number of sulfonamides is 1. The van der Waals surface area contributed by atoms with Gasteiger partial charge in [0.1, 0.15) is 0 Å². The van der Waals surface area contributed by atoms with Gasteiger partial charge in [0.25, 0.3) is 10.0 Å². The van der Waals surface area contributed by atoms with Crippen LogP contribution >= 0.6 is 0 Å². The van der Waals surface area contributed by atoms with Crippen molar-refractivity contribution in [3.63, 3.8) is 0 Å². The molecule has 2 heterocycles. The second-order valence-corrected chi connectivity index (χ2v) is 7.57. The Bertz CT molecular complexity index is 558. The standard InChI is InChI=1S/C13H19FN2O2S/c1-13(2)6-4-9-16(10-7-13)19(17,18)12-11(14)5-3-8-15-12/h3,5,8H,4,6-7,9-10H2,1-2H3. The van der Waals surface area contributed by atoms with Crippen LogP contribution in [0.1, 0.15) is 33.1 Å². The van der Waals surface area contributed by atoms with E-state index in [1.807, 2.05) is 0 Å². The highest BCUT2D eigenvalue weighted by molar-refractivity contribution is 7.89. The lowest BCUT2D eigenvalue weighted by molar-refractivity contribution is 0.314. The Balaban J connectivity index is 2.28. The monoisotopic (exact) mass is 286 g/mol. The molecule has 1 fully saturated rings. The van der Waals surface area contributed by atoms with Gasteiger partial charge in [-0.05, 0) is 36.8 Å². The molecule has 0 amide bonds. The lowest BCUT2D eigenvalue weighted by atomic mass is 9.85. The summed E-state index contributed by atoms with van der Waals surface area (Å²) in [4.78, 5) is 3.69. The predicted molar refractivity (Wildman–Crippen MR) is 70.6 cm³/mol. The van der Waals surface area contributed by atoms with Crippen LogP contribution in [0.3, 0.4) is 0 Å². The second-order valence-electron chi connectivity index (χ2n) is 5.71. The fourth-order valence-electron chi connectivity index (χ4n) is 2.32. The third kappa shape index (κ3) is 3.12. The first kappa shape index (κ1) is 14.4. The van der Waals surface area contributed by atoms with E-state index in [4.69, 9.17) is 0 Å². The van der Waals surface area contributed by atoms with Gasteiger partial charge in [-0.2, -0.15) is 4.31 Å². The van der Waals surface area contributed by atoms with E-state index in [1.165, 1.54) is 16.6 Å². The molecule has 106 valence electrons. The highest BCUT2D eigenvalue weighted by atomic mass is 32.2. The normalized spacial score (nSPS) is 21.0. The number of nitrogens with zero attached hydrogens (tertiary/aromatic N) is 2. The largest absolute Gasteiger partial charge is 0.263 e. The van der Waals surface area contributed by atoms with Crippen LogP contribution < -0.4 is 0 Å². The Kier molecular flexibility index (Phi) is 3.92. The minimum atomic E-state index is -3.82. The highest BCUT2D eigenvalue weighted by Crippen LogP contribution is 2.31. The van der Waals surface area contributed by atoms with Crippen molar-refractivity contribution in [2.24, 2.45) is 5.41 Å². The molecule has 0 radical (unpaired) electrons. The van der Waals surface area contributed by atoms with Crippen molar-refractivity contribution in [3.05, 3.63) is 24.1 Å². The molecular weight excluding hydrogens is 267 g/mol. The van der Waals surface area contributed by atoms with Crippen LogP contribution in [0.2, 0.25) is 0 Å². The summed E-state index contributed by atoms with van der Waals surface area (Å²) >= 11 is 0. The molecule has 19 heavy (non-hydrogen) atoms. The van der Waals surface area contributed by atoms with E-state index in [1.54, 1.807) is 0 Å². The SMILES string of the molecule is CC1(C)CCCN(S(=O)(=O)c2ncccc2F)CC1. The van der Waals surface area contributed by atoms with Gasteiger partial charge in [0, 0.05) is 19.3 Å². The lowest BCUT2D eigenvalue weighted by Crippen LogP contribution is -2.33. The van der Waals surface area contributed by atoms with E-state index in [0.29, 0.717) is 13.1 Å². The van der Waals surface area contributed by atoms with Crippen molar-refractivity contribution in [3.8, 4) is 0 Å². The molecule has 1 aromatic rings. The molecule has 1 saturated heterocycles. The molecular formula is C13H19FN2O2S. The van der Waals surface area contributed by atoms with Crippen LogP contribution in [-0.4, -0.2) is 30.8 Å². The molecule has 0 spiro atoms. The van der Waals surface area contributed by atoms with Gasteiger partial charge in [-0.3, -0.25) is 0 Å². The van der Waals surface area contributed by atoms with Gasteiger partial charge in [-0.15, -0.1) is 0 Å². The van der Waals surface area contributed by atoms with Crippen LogP contribution in [0.15, 0.2) is 23.4 Å². The average Bonchev–Trinajstić information content (AvgIpc) is 2.51. The van der Waals surface area contributed by atoms with Crippen LogP contribution in [-0.2, 0) is 10.0 Å². The van der Waals surface area contributed by atoms with Crippen molar-refractivity contribution in [2.45, 2.75) is 38.1 Å². The number of aromatic nitrogens is 1. The lowest BCUT2D eigenvalue weighted by Gasteiger charge is -2.22. The van der Waals surface area contributed by atoms with Gasteiger partial charge in [-0.1, -0.05) is 13.8 Å². The van der Waals surface area contributed by atoms with Crippen LogP contribution in [0, 0.1) is 11.2 Å². The molecule has 0 bridgehead atoms. The van der Waals surface area contributed by atoms with Crippen LogP contribution in [0.4, 0.5) is 4.39 Å². The first-order chi connectivity index (χ1) is 8.83. The Morgan fingerprint density at radius 3 is 2.74 bits per heavy atom. The average molecular weight is 286 g/mol. The maximum atomic E-state index is 13.6. The maximum Gasteiger partial charge on any atom is 0.263 e. The van der Waals surface area contributed by atoms with Crippen LogP contribution in [0.5, 0.6) is 0 Å². The molecule has 0 atom stereocenters. The quantitative estimate of drug-likeness (QED) is 0.839. The van der Waals surface area contributed by atoms with E-state index in [9.17, 15) is 12.8 Å². The van der Waals surface area contributed by atoms with Crippen molar-refractivity contribution in [1.29, 1.82) is 0 Å². The van der Waals surface area contributed by atoms with Gasteiger partial charge in [-0.25, -0.2) is 17.8 Å². The maximum absolute atomic E-state index is 13.6. The van der Waals surface area contributed by atoms with Gasteiger partial charge < -0.3 is 0 Å². The Morgan fingerprint density at radius 1 is 1.32 bits per heavy atom. The van der Waals surface area contributed by atoms with Gasteiger partial charge >= 0.3 is 0 Å². The summed E-state index contributed by atoms with van der Waals surface area (Å²) in [6, 6.07) is 2.52. The van der Waals surface area contributed by atoms with Gasteiger partial charge in [0.05, 0.1) is 0 Å². The minimum absolute atomic E-state index is 0.132. The zero-order valence-electron chi connectivity index (χ0n) is 11.3. The second kappa shape index (κ2) is 5.17. The molecule has 0 aromatic carbocycles. The third-order valence-electron chi connectivity index (χ3n) is 3.61. The number of hydrogen-bond donors (Lipinski definition) is 0. The van der Waals surface area contributed by atoms with E-state index < -0.39 is 20.9 Å². The van der Waals surface area contributed by atoms with Gasteiger partial charge in [0.15, 0.2) is 5.82 Å². The number of pyridine rings is 1. The smallest absolute Gasteiger partial charge is 0.241 e. The first-order valence-electron chi connectivity index (χ1n) is 6.44. The first-order valence-corrected chi connectivity index (χ1v) is 7.88. The summed E-state index contributed by atoms with van der Waals surface area (Å²) in [5.74, 6) is -0.786. The zero-order chi connectivity index (χ0) is 14.1. The Morgan fingerprint density at radius 2 is 2.05 bits per heavy atom. The molecule has 1 aliphatic rings. The molecule has 0 saturated carbocycles. The topological polar surface area (TPSA) is 50.3 Å². The predicted octanol–water partition coefficient (Wildman–Crippen LogP) is 2.42. The molecule has 1 aromatic heterocycles. The van der Waals surface area contributed by atoms with E-state index in [0.717, 1.165) is 25.3 Å². The molecule has 6 heteroatoms. The van der Waals surface area contributed by atoms with Crippen LogP contribution in [0.25, 0.3) is 0 Å². The number of halogens is 1. The van der Waals surface area contributed by atoms with Crippen molar-refractivity contribution >= 4 is 10.0 Å². The molecule has 0 N–H and O–H groups in total. The van der Waals surface area contributed by atoms with E-state index in [-0.39, 0.29) is 5.41 Å². The molecule has 4 nitrogen and oxygen atoms in total. The molecule has 0 aliphatic carbocycles. The third-order valence-corrected chi connectivity index (χ3v) is 5.44. The summed E-state index contributed by atoms with van der Waals surface area (Å²) in [7, 11) is -3.82. The summed E-state index contributed by atoms with van der Waals surface area (Å²) in [6.45, 7) is 5.11. The van der Waals surface area contributed by atoms with Crippen molar-refractivity contribution < 1.29 is 12.8 Å². The fourth-order valence-corrected chi connectivity index (χ4v) is 3.78. The summed E-state index contributed by atoms with van der Waals surface area (Å²) in [5.41, 5.74) is 0.132. The van der Waals surface area contributed by atoms with Crippen molar-refractivity contribution in [2.75, 3.05) is 13.1 Å². The Hall–Kier alpha value is -1.01. The minimum Gasteiger partial charge on any atom is -0.241 e. The van der Waals surface area contributed by atoms with E-state index in [2.05, 4.69) is 18.8 Å². The van der Waals surface area contributed by atoms with Crippen molar-refractivity contribution in [1.82, 2.24) is 9.29 Å².